The summed E-state index contributed by atoms with van der Waals surface area (Å²) in [6.45, 7) is 2.39. The van der Waals surface area contributed by atoms with Crippen LogP contribution in [0.5, 0.6) is 0 Å². The minimum atomic E-state index is -0.418. The average molecular weight is 309 g/mol. The Morgan fingerprint density at radius 2 is 2.17 bits per heavy atom. The molecule has 0 unspecified atom stereocenters. The molecular weight excluding hydrogens is 290 g/mol. The fourth-order valence-electron chi connectivity index (χ4n) is 2.27. The molecule has 1 amide bonds. The molecule has 0 spiro atoms. The van der Waals surface area contributed by atoms with Gasteiger partial charge in [-0.15, -0.1) is 0 Å². The first-order valence-electron chi connectivity index (χ1n) is 7.21. The van der Waals surface area contributed by atoms with Crippen LogP contribution in [0.15, 0.2) is 46.6 Å². The van der Waals surface area contributed by atoms with E-state index in [2.05, 4.69) is 5.32 Å². The lowest BCUT2D eigenvalue weighted by Crippen LogP contribution is -2.24. The highest BCUT2D eigenvalue weighted by atomic mass is 16.3. The molecule has 0 bridgehead atoms. The Labute approximate surface area is 135 Å². The lowest BCUT2D eigenvalue weighted by molar-refractivity contribution is -0.117. The summed E-state index contributed by atoms with van der Waals surface area (Å²) in [6, 6.07) is 11.3. The SMILES string of the molecule is Cc1cc(CNC(=O)/C(C#N)=C\c2ccco2)ccc1N(C)C. The van der Waals surface area contributed by atoms with Crippen LogP contribution in [0.25, 0.3) is 6.08 Å². The summed E-state index contributed by atoms with van der Waals surface area (Å²) in [5.74, 6) is 0.0566. The molecule has 2 rings (SSSR count). The van der Waals surface area contributed by atoms with Gasteiger partial charge in [-0.1, -0.05) is 12.1 Å². The van der Waals surface area contributed by atoms with E-state index in [-0.39, 0.29) is 5.57 Å². The van der Waals surface area contributed by atoms with E-state index in [1.54, 1.807) is 12.1 Å². The van der Waals surface area contributed by atoms with Crippen LogP contribution in [0.1, 0.15) is 16.9 Å². The first-order chi connectivity index (χ1) is 11.0. The molecule has 0 fully saturated rings. The standard InChI is InChI=1S/C18H19N3O2/c1-13-9-14(6-7-17(13)21(2)3)12-20-18(22)15(11-19)10-16-5-4-8-23-16/h4-10H,12H2,1-3H3,(H,20,22)/b15-10-. The number of benzene rings is 1. The minimum absolute atomic E-state index is 0.0154. The maximum absolute atomic E-state index is 12.1. The van der Waals surface area contributed by atoms with Crippen LogP contribution >= 0.6 is 0 Å². The molecule has 5 heteroatoms. The molecule has 0 aliphatic heterocycles. The molecule has 2 aromatic rings. The van der Waals surface area contributed by atoms with Crippen molar-refractivity contribution in [1.29, 1.82) is 5.26 Å². The summed E-state index contributed by atoms with van der Waals surface area (Å²) in [4.78, 5) is 14.1. The van der Waals surface area contributed by atoms with Crippen LogP contribution in [0.2, 0.25) is 0 Å². The number of carbonyl (C=O) groups is 1. The Morgan fingerprint density at radius 1 is 1.39 bits per heavy atom. The fraction of sp³-hybridized carbons (Fsp3) is 0.222. The third kappa shape index (κ3) is 4.24. The van der Waals surface area contributed by atoms with Crippen molar-refractivity contribution >= 4 is 17.7 Å². The number of furan rings is 1. The molecule has 1 heterocycles. The van der Waals surface area contributed by atoms with Crippen LogP contribution in [0.3, 0.4) is 0 Å². The summed E-state index contributed by atoms with van der Waals surface area (Å²) in [5, 5.41) is 11.9. The third-order valence-electron chi connectivity index (χ3n) is 3.39. The maximum Gasteiger partial charge on any atom is 0.262 e. The van der Waals surface area contributed by atoms with Crippen LogP contribution in [-0.2, 0) is 11.3 Å². The van der Waals surface area contributed by atoms with Gasteiger partial charge in [0.25, 0.3) is 5.91 Å². The number of hydrogen-bond donors (Lipinski definition) is 1. The van der Waals surface area contributed by atoms with Gasteiger partial charge in [0.05, 0.1) is 6.26 Å². The van der Waals surface area contributed by atoms with Crippen molar-refractivity contribution in [3.8, 4) is 6.07 Å². The summed E-state index contributed by atoms with van der Waals surface area (Å²) in [7, 11) is 3.98. The number of hydrogen-bond acceptors (Lipinski definition) is 4. The van der Waals surface area contributed by atoms with E-state index >= 15 is 0 Å². The van der Waals surface area contributed by atoms with E-state index in [4.69, 9.17) is 9.68 Å². The number of aryl methyl sites for hydroxylation is 1. The van der Waals surface area contributed by atoms with Gasteiger partial charge in [0.2, 0.25) is 0 Å². The molecule has 0 atom stereocenters. The topological polar surface area (TPSA) is 69.3 Å². The van der Waals surface area contributed by atoms with Gasteiger partial charge in [0.15, 0.2) is 0 Å². The van der Waals surface area contributed by atoms with Crippen LogP contribution in [0, 0.1) is 18.3 Å². The van der Waals surface area contributed by atoms with Gasteiger partial charge in [0, 0.05) is 32.4 Å². The highest BCUT2D eigenvalue weighted by Gasteiger charge is 2.10. The van der Waals surface area contributed by atoms with Crippen molar-refractivity contribution in [3.05, 3.63) is 59.1 Å². The number of nitrogens with zero attached hydrogens (tertiary/aromatic N) is 2. The lowest BCUT2D eigenvalue weighted by atomic mass is 10.1. The van der Waals surface area contributed by atoms with Crippen molar-refractivity contribution in [1.82, 2.24) is 5.32 Å². The molecule has 1 aromatic heterocycles. The summed E-state index contributed by atoms with van der Waals surface area (Å²) in [6.07, 6.45) is 2.92. The predicted molar refractivity (Wildman–Crippen MR) is 89.7 cm³/mol. The number of amides is 1. The zero-order valence-electron chi connectivity index (χ0n) is 13.5. The molecule has 0 aliphatic carbocycles. The summed E-state index contributed by atoms with van der Waals surface area (Å²) >= 11 is 0. The molecule has 0 aliphatic rings. The van der Waals surface area contributed by atoms with Gasteiger partial charge >= 0.3 is 0 Å². The maximum atomic E-state index is 12.1. The zero-order valence-corrected chi connectivity index (χ0v) is 13.5. The van der Waals surface area contributed by atoms with E-state index in [0.717, 1.165) is 16.8 Å². The largest absolute Gasteiger partial charge is 0.465 e. The first-order valence-corrected chi connectivity index (χ1v) is 7.21. The molecule has 0 radical (unpaired) electrons. The van der Waals surface area contributed by atoms with Crippen molar-refractivity contribution in [2.45, 2.75) is 13.5 Å². The third-order valence-corrected chi connectivity index (χ3v) is 3.39. The monoisotopic (exact) mass is 309 g/mol. The Hall–Kier alpha value is -3.00. The van der Waals surface area contributed by atoms with Gasteiger partial charge in [0.1, 0.15) is 17.4 Å². The molecule has 0 saturated heterocycles. The Bertz CT molecular complexity index is 753. The predicted octanol–water partition coefficient (Wildman–Crippen LogP) is 2.88. The Kier molecular flexibility index (Phi) is 5.21. The van der Waals surface area contributed by atoms with Gasteiger partial charge in [-0.05, 0) is 36.2 Å². The molecule has 118 valence electrons. The van der Waals surface area contributed by atoms with E-state index in [1.165, 1.54) is 12.3 Å². The molecule has 0 saturated carbocycles. The molecule has 1 aromatic carbocycles. The second-order valence-corrected chi connectivity index (χ2v) is 5.38. The normalized spacial score (nSPS) is 11.0. The molecular formula is C18H19N3O2. The zero-order chi connectivity index (χ0) is 16.8. The molecule has 5 nitrogen and oxygen atoms in total. The second kappa shape index (κ2) is 7.32. The number of nitrogens with one attached hydrogen (secondary N) is 1. The van der Waals surface area contributed by atoms with E-state index in [1.807, 2.05) is 50.2 Å². The van der Waals surface area contributed by atoms with Gasteiger partial charge in [-0.25, -0.2) is 0 Å². The molecule has 1 N–H and O–H groups in total. The van der Waals surface area contributed by atoms with Gasteiger partial charge in [-0.2, -0.15) is 5.26 Å². The van der Waals surface area contributed by atoms with Gasteiger partial charge < -0.3 is 14.6 Å². The lowest BCUT2D eigenvalue weighted by Gasteiger charge is -2.16. The average Bonchev–Trinajstić information content (AvgIpc) is 3.03. The van der Waals surface area contributed by atoms with Crippen molar-refractivity contribution in [2.24, 2.45) is 0 Å². The number of rotatable bonds is 5. The summed E-state index contributed by atoms with van der Waals surface area (Å²) < 4.78 is 5.12. The Balaban J connectivity index is 2.04. The first kappa shape index (κ1) is 16.4. The number of carbonyl (C=O) groups excluding carboxylic acids is 1. The number of anilines is 1. The van der Waals surface area contributed by atoms with Crippen LogP contribution < -0.4 is 10.2 Å². The van der Waals surface area contributed by atoms with Crippen molar-refractivity contribution in [2.75, 3.05) is 19.0 Å². The van der Waals surface area contributed by atoms with E-state index in [0.29, 0.717) is 12.3 Å². The van der Waals surface area contributed by atoms with Crippen molar-refractivity contribution < 1.29 is 9.21 Å². The Morgan fingerprint density at radius 3 is 2.74 bits per heavy atom. The highest BCUT2D eigenvalue weighted by Crippen LogP contribution is 2.19. The van der Waals surface area contributed by atoms with Crippen molar-refractivity contribution in [3.63, 3.8) is 0 Å². The summed E-state index contributed by atoms with van der Waals surface area (Å²) in [5.41, 5.74) is 3.27. The second-order valence-electron chi connectivity index (χ2n) is 5.38. The minimum Gasteiger partial charge on any atom is -0.465 e. The van der Waals surface area contributed by atoms with Crippen LogP contribution in [0.4, 0.5) is 5.69 Å². The van der Waals surface area contributed by atoms with E-state index < -0.39 is 5.91 Å². The quantitative estimate of drug-likeness (QED) is 0.681. The molecule has 23 heavy (non-hydrogen) atoms. The smallest absolute Gasteiger partial charge is 0.262 e. The number of nitriles is 1. The highest BCUT2D eigenvalue weighted by molar-refractivity contribution is 6.01. The van der Waals surface area contributed by atoms with Crippen LogP contribution in [-0.4, -0.2) is 20.0 Å². The fourth-order valence-corrected chi connectivity index (χ4v) is 2.27. The van der Waals surface area contributed by atoms with Gasteiger partial charge in [-0.3, -0.25) is 4.79 Å². The van der Waals surface area contributed by atoms with E-state index in [9.17, 15) is 4.79 Å².